The van der Waals surface area contributed by atoms with Crippen LogP contribution in [0, 0.1) is 5.92 Å². The molecular formula is C14H29NO. The van der Waals surface area contributed by atoms with E-state index in [1.165, 1.54) is 44.9 Å². The zero-order valence-electron chi connectivity index (χ0n) is 11.3. The van der Waals surface area contributed by atoms with Crippen LogP contribution in [-0.4, -0.2) is 25.8 Å². The van der Waals surface area contributed by atoms with E-state index in [1.807, 2.05) is 7.05 Å². The molecule has 3 atom stereocenters. The maximum atomic E-state index is 5.98. The summed E-state index contributed by atoms with van der Waals surface area (Å²) in [6.45, 7) is 5.49. The molecule has 3 unspecified atom stereocenters. The number of hydrogen-bond donors (Lipinski definition) is 1. The Labute approximate surface area is 101 Å². The molecule has 0 aromatic carbocycles. The van der Waals surface area contributed by atoms with Gasteiger partial charge in [0.05, 0.1) is 6.10 Å². The van der Waals surface area contributed by atoms with Crippen LogP contribution in [0.25, 0.3) is 0 Å². The number of hydrogen-bond acceptors (Lipinski definition) is 2. The smallest absolute Gasteiger partial charge is 0.0577 e. The molecule has 16 heavy (non-hydrogen) atoms. The first-order valence-corrected chi connectivity index (χ1v) is 7.05. The highest BCUT2D eigenvalue weighted by molar-refractivity contribution is 4.72. The van der Waals surface area contributed by atoms with Crippen LogP contribution >= 0.6 is 0 Å². The predicted octanol–water partition coefficient (Wildman–Crippen LogP) is 3.36. The molecule has 1 saturated carbocycles. The monoisotopic (exact) mass is 227 g/mol. The van der Waals surface area contributed by atoms with Crippen LogP contribution < -0.4 is 5.32 Å². The summed E-state index contributed by atoms with van der Waals surface area (Å²) in [4.78, 5) is 0. The average Bonchev–Trinajstić information content (AvgIpc) is 2.34. The Morgan fingerprint density at radius 1 is 1.38 bits per heavy atom. The van der Waals surface area contributed by atoms with Crippen molar-refractivity contribution in [3.8, 4) is 0 Å². The first-order chi connectivity index (χ1) is 7.76. The van der Waals surface area contributed by atoms with Crippen molar-refractivity contribution in [1.82, 2.24) is 5.32 Å². The van der Waals surface area contributed by atoms with Crippen LogP contribution in [0.1, 0.15) is 58.8 Å². The Morgan fingerprint density at radius 3 is 2.88 bits per heavy atom. The maximum absolute atomic E-state index is 5.98. The van der Waals surface area contributed by atoms with Gasteiger partial charge in [-0.25, -0.2) is 0 Å². The van der Waals surface area contributed by atoms with Crippen molar-refractivity contribution >= 4 is 0 Å². The summed E-state index contributed by atoms with van der Waals surface area (Å²) in [5, 5.41) is 3.26. The van der Waals surface area contributed by atoms with Crippen LogP contribution in [0.4, 0.5) is 0 Å². The fraction of sp³-hybridized carbons (Fsp3) is 1.00. The van der Waals surface area contributed by atoms with Crippen molar-refractivity contribution in [3.05, 3.63) is 0 Å². The minimum atomic E-state index is 0.559. The molecule has 1 rings (SSSR count). The Bertz CT molecular complexity index is 172. The molecule has 2 heteroatoms. The lowest BCUT2D eigenvalue weighted by molar-refractivity contribution is 0.0102. The van der Waals surface area contributed by atoms with Gasteiger partial charge < -0.3 is 10.1 Å². The molecule has 1 fully saturated rings. The van der Waals surface area contributed by atoms with E-state index in [4.69, 9.17) is 4.74 Å². The van der Waals surface area contributed by atoms with Gasteiger partial charge in [0.25, 0.3) is 0 Å². The Hall–Kier alpha value is -0.0800. The minimum absolute atomic E-state index is 0.559. The Kier molecular flexibility index (Phi) is 7.06. The molecule has 0 heterocycles. The van der Waals surface area contributed by atoms with Crippen LogP contribution in [0.3, 0.4) is 0 Å². The van der Waals surface area contributed by atoms with E-state index in [1.54, 1.807) is 0 Å². The molecule has 0 amide bonds. The highest BCUT2D eigenvalue weighted by Gasteiger charge is 2.20. The van der Waals surface area contributed by atoms with Gasteiger partial charge in [0.15, 0.2) is 0 Å². The van der Waals surface area contributed by atoms with E-state index in [2.05, 4.69) is 19.2 Å². The predicted molar refractivity (Wildman–Crippen MR) is 69.7 cm³/mol. The second-order valence-electron chi connectivity index (χ2n) is 5.27. The van der Waals surface area contributed by atoms with Crippen LogP contribution in [0.15, 0.2) is 0 Å². The second kappa shape index (κ2) is 8.08. The number of rotatable bonds is 7. The summed E-state index contributed by atoms with van der Waals surface area (Å²) in [5.41, 5.74) is 0. The summed E-state index contributed by atoms with van der Waals surface area (Å²) in [5.74, 6) is 0.926. The molecule has 2 nitrogen and oxygen atoms in total. The molecule has 0 radical (unpaired) electrons. The molecule has 0 saturated heterocycles. The fourth-order valence-electron chi connectivity index (χ4n) is 2.55. The SMILES string of the molecule is CCC1CCCC(OCCCC(C)NC)C1. The molecule has 0 aliphatic heterocycles. The van der Waals surface area contributed by atoms with Crippen molar-refractivity contribution in [2.24, 2.45) is 5.92 Å². The molecule has 0 aromatic heterocycles. The van der Waals surface area contributed by atoms with Crippen LogP contribution in [-0.2, 0) is 4.74 Å². The second-order valence-corrected chi connectivity index (χ2v) is 5.27. The van der Waals surface area contributed by atoms with Gasteiger partial charge in [-0.1, -0.05) is 26.2 Å². The molecule has 1 N–H and O–H groups in total. The molecular weight excluding hydrogens is 198 g/mol. The molecule has 1 aliphatic rings. The summed E-state index contributed by atoms with van der Waals surface area (Å²) in [6.07, 6.45) is 9.69. The van der Waals surface area contributed by atoms with Gasteiger partial charge in [-0.05, 0) is 45.6 Å². The highest BCUT2D eigenvalue weighted by atomic mass is 16.5. The van der Waals surface area contributed by atoms with Crippen molar-refractivity contribution in [1.29, 1.82) is 0 Å². The summed E-state index contributed by atoms with van der Waals surface area (Å²) >= 11 is 0. The van der Waals surface area contributed by atoms with E-state index in [-0.39, 0.29) is 0 Å². The van der Waals surface area contributed by atoms with Crippen LogP contribution in [0.2, 0.25) is 0 Å². The number of nitrogens with one attached hydrogen (secondary N) is 1. The normalized spacial score (nSPS) is 27.9. The Morgan fingerprint density at radius 2 is 2.19 bits per heavy atom. The van der Waals surface area contributed by atoms with Crippen molar-refractivity contribution in [2.45, 2.75) is 70.9 Å². The first kappa shape index (κ1) is 14.0. The van der Waals surface area contributed by atoms with E-state index in [9.17, 15) is 0 Å². The molecule has 0 bridgehead atoms. The van der Waals surface area contributed by atoms with Crippen molar-refractivity contribution < 1.29 is 4.74 Å². The van der Waals surface area contributed by atoms with Gasteiger partial charge in [0, 0.05) is 12.6 Å². The van der Waals surface area contributed by atoms with E-state index in [0.717, 1.165) is 12.5 Å². The zero-order chi connectivity index (χ0) is 11.8. The van der Waals surface area contributed by atoms with Gasteiger partial charge in [-0.2, -0.15) is 0 Å². The minimum Gasteiger partial charge on any atom is -0.378 e. The summed E-state index contributed by atoms with van der Waals surface area (Å²) < 4.78 is 5.98. The molecule has 0 spiro atoms. The lowest BCUT2D eigenvalue weighted by atomic mass is 9.85. The molecule has 1 aliphatic carbocycles. The summed E-state index contributed by atoms with van der Waals surface area (Å²) in [6, 6.07) is 0.623. The Balaban J connectivity index is 2.04. The van der Waals surface area contributed by atoms with Crippen molar-refractivity contribution in [2.75, 3.05) is 13.7 Å². The summed E-state index contributed by atoms with van der Waals surface area (Å²) in [7, 11) is 2.03. The highest BCUT2D eigenvalue weighted by Crippen LogP contribution is 2.28. The van der Waals surface area contributed by atoms with Gasteiger partial charge in [0.2, 0.25) is 0 Å². The van der Waals surface area contributed by atoms with Crippen molar-refractivity contribution in [3.63, 3.8) is 0 Å². The van der Waals surface area contributed by atoms with E-state index < -0.39 is 0 Å². The van der Waals surface area contributed by atoms with E-state index in [0.29, 0.717) is 12.1 Å². The zero-order valence-corrected chi connectivity index (χ0v) is 11.3. The third kappa shape index (κ3) is 5.31. The average molecular weight is 227 g/mol. The lowest BCUT2D eigenvalue weighted by Crippen LogP contribution is -2.24. The first-order valence-electron chi connectivity index (χ1n) is 7.05. The number of ether oxygens (including phenoxy) is 1. The molecule has 0 aromatic rings. The topological polar surface area (TPSA) is 21.3 Å². The third-order valence-electron chi connectivity index (χ3n) is 3.94. The van der Waals surface area contributed by atoms with Gasteiger partial charge in [-0.15, -0.1) is 0 Å². The lowest BCUT2D eigenvalue weighted by Gasteiger charge is -2.28. The quantitative estimate of drug-likeness (QED) is 0.673. The maximum Gasteiger partial charge on any atom is 0.0577 e. The van der Waals surface area contributed by atoms with Crippen LogP contribution in [0.5, 0.6) is 0 Å². The van der Waals surface area contributed by atoms with Gasteiger partial charge in [-0.3, -0.25) is 0 Å². The standard InChI is InChI=1S/C14H29NO/c1-4-13-8-5-9-14(11-13)16-10-6-7-12(2)15-3/h12-15H,4-11H2,1-3H3. The van der Waals surface area contributed by atoms with Gasteiger partial charge in [0.1, 0.15) is 0 Å². The van der Waals surface area contributed by atoms with E-state index >= 15 is 0 Å². The largest absolute Gasteiger partial charge is 0.378 e. The third-order valence-corrected chi connectivity index (χ3v) is 3.94. The fourth-order valence-corrected chi connectivity index (χ4v) is 2.55. The molecule has 96 valence electrons. The van der Waals surface area contributed by atoms with Gasteiger partial charge >= 0.3 is 0 Å².